The molecule has 1 amide bonds. The number of benzene rings is 1. The van der Waals surface area contributed by atoms with Crippen LogP contribution in [0.3, 0.4) is 0 Å². The molecule has 2 rings (SSSR count). The van der Waals surface area contributed by atoms with Gasteiger partial charge in [0.25, 0.3) is 0 Å². The summed E-state index contributed by atoms with van der Waals surface area (Å²) in [7, 11) is 0. The number of pyridine rings is 1. The summed E-state index contributed by atoms with van der Waals surface area (Å²) < 4.78 is 0. The van der Waals surface area contributed by atoms with Gasteiger partial charge in [-0.05, 0) is 44.0 Å². The van der Waals surface area contributed by atoms with Gasteiger partial charge in [0.2, 0.25) is 5.91 Å². The third kappa shape index (κ3) is 3.81. The largest absolute Gasteiger partial charge is 0.340 e. The molecule has 2 N–H and O–H groups in total. The van der Waals surface area contributed by atoms with Crippen LogP contribution in [-0.4, -0.2) is 10.9 Å². The molecule has 0 aliphatic carbocycles. The van der Waals surface area contributed by atoms with Gasteiger partial charge in [-0.25, -0.2) is 4.98 Å². The van der Waals surface area contributed by atoms with E-state index in [0.717, 1.165) is 11.5 Å². The Hall–Kier alpha value is -2.36. The maximum atomic E-state index is 11.3. The molecule has 21 heavy (non-hydrogen) atoms. The number of aryl methyl sites for hydroxylation is 3. The van der Waals surface area contributed by atoms with Crippen LogP contribution in [0.4, 0.5) is 17.2 Å². The van der Waals surface area contributed by atoms with Gasteiger partial charge in [-0.3, -0.25) is 4.79 Å². The highest BCUT2D eigenvalue weighted by molar-refractivity contribution is 5.90. The predicted octanol–water partition coefficient (Wildman–Crippen LogP) is 4.10. The Balaban J connectivity index is 2.16. The van der Waals surface area contributed by atoms with Crippen molar-refractivity contribution >= 4 is 23.1 Å². The minimum atomic E-state index is -0.0114. The Bertz CT molecular complexity index is 625. The molecule has 0 atom stereocenters. The second-order valence-corrected chi connectivity index (χ2v) is 5.23. The summed E-state index contributed by atoms with van der Waals surface area (Å²) in [6.45, 7) is 8.07. The number of aromatic nitrogens is 1. The van der Waals surface area contributed by atoms with Crippen LogP contribution >= 0.6 is 0 Å². The van der Waals surface area contributed by atoms with Gasteiger partial charge in [0.05, 0.1) is 11.9 Å². The molecule has 4 nitrogen and oxygen atoms in total. The zero-order chi connectivity index (χ0) is 15.4. The topological polar surface area (TPSA) is 54.0 Å². The fourth-order valence-corrected chi connectivity index (χ4v) is 2.30. The fraction of sp³-hybridized carbons (Fsp3) is 0.294. The first-order valence-corrected chi connectivity index (χ1v) is 7.10. The van der Waals surface area contributed by atoms with Gasteiger partial charge in [0.15, 0.2) is 0 Å². The number of carbonyl (C=O) groups excluding carboxylic acids is 1. The Labute approximate surface area is 125 Å². The summed E-state index contributed by atoms with van der Waals surface area (Å²) in [6, 6.07) is 8.00. The molecule has 0 aliphatic heterocycles. The molecule has 0 saturated heterocycles. The molecule has 1 heterocycles. The lowest BCUT2D eigenvalue weighted by Gasteiger charge is -2.13. The minimum absolute atomic E-state index is 0.0114. The third-order valence-corrected chi connectivity index (χ3v) is 3.30. The minimum Gasteiger partial charge on any atom is -0.340 e. The monoisotopic (exact) mass is 283 g/mol. The van der Waals surface area contributed by atoms with Crippen LogP contribution in [0.1, 0.15) is 30.0 Å². The van der Waals surface area contributed by atoms with Gasteiger partial charge in [0, 0.05) is 12.1 Å². The highest BCUT2D eigenvalue weighted by Gasteiger charge is 2.05. The molecule has 1 aromatic heterocycles. The van der Waals surface area contributed by atoms with Crippen LogP contribution in [0.15, 0.2) is 30.5 Å². The second kappa shape index (κ2) is 6.39. The normalized spacial score (nSPS) is 10.3. The first-order valence-electron chi connectivity index (χ1n) is 7.10. The van der Waals surface area contributed by atoms with Gasteiger partial charge < -0.3 is 10.6 Å². The van der Waals surface area contributed by atoms with Crippen LogP contribution in [0.25, 0.3) is 0 Å². The van der Waals surface area contributed by atoms with Crippen molar-refractivity contribution in [2.45, 2.75) is 34.1 Å². The van der Waals surface area contributed by atoms with Gasteiger partial charge in [-0.2, -0.15) is 0 Å². The van der Waals surface area contributed by atoms with Crippen molar-refractivity contribution in [3.63, 3.8) is 0 Å². The first kappa shape index (κ1) is 15.0. The number of nitrogens with one attached hydrogen (secondary N) is 2. The van der Waals surface area contributed by atoms with Crippen LogP contribution in [0.5, 0.6) is 0 Å². The van der Waals surface area contributed by atoms with E-state index in [0.29, 0.717) is 12.1 Å². The zero-order valence-electron chi connectivity index (χ0n) is 12.9. The number of anilines is 3. The van der Waals surface area contributed by atoms with Crippen molar-refractivity contribution in [2.75, 3.05) is 10.6 Å². The van der Waals surface area contributed by atoms with E-state index in [1.807, 2.05) is 19.1 Å². The summed E-state index contributed by atoms with van der Waals surface area (Å²) in [5.74, 6) is 0.752. The average molecular weight is 283 g/mol. The Morgan fingerprint density at radius 1 is 1.14 bits per heavy atom. The lowest BCUT2D eigenvalue weighted by Crippen LogP contribution is -2.09. The summed E-state index contributed by atoms with van der Waals surface area (Å²) in [5.41, 5.74) is 5.43. The molecule has 0 unspecified atom stereocenters. The van der Waals surface area contributed by atoms with E-state index >= 15 is 0 Å². The van der Waals surface area contributed by atoms with Gasteiger partial charge in [-0.15, -0.1) is 0 Å². The molecule has 2 aromatic rings. The van der Waals surface area contributed by atoms with Crippen molar-refractivity contribution in [1.82, 2.24) is 4.98 Å². The van der Waals surface area contributed by atoms with Crippen molar-refractivity contribution < 1.29 is 4.79 Å². The summed E-state index contributed by atoms with van der Waals surface area (Å²) in [4.78, 5) is 15.7. The predicted molar refractivity (Wildman–Crippen MR) is 87.1 cm³/mol. The zero-order valence-corrected chi connectivity index (χ0v) is 12.9. The van der Waals surface area contributed by atoms with Crippen molar-refractivity contribution in [3.8, 4) is 0 Å². The maximum absolute atomic E-state index is 11.3. The summed E-state index contributed by atoms with van der Waals surface area (Å²) in [5, 5.41) is 6.12. The highest BCUT2D eigenvalue weighted by Crippen LogP contribution is 2.25. The van der Waals surface area contributed by atoms with E-state index in [4.69, 9.17) is 0 Å². The molecule has 0 radical (unpaired) electrons. The lowest BCUT2D eigenvalue weighted by atomic mass is 10.1. The molecular formula is C17H21N3O. The molecule has 0 spiro atoms. The third-order valence-electron chi connectivity index (χ3n) is 3.30. The van der Waals surface area contributed by atoms with Crippen LogP contribution in [0, 0.1) is 20.8 Å². The summed E-state index contributed by atoms with van der Waals surface area (Å²) >= 11 is 0. The van der Waals surface area contributed by atoms with Crippen molar-refractivity contribution in [2.24, 2.45) is 0 Å². The Morgan fingerprint density at radius 3 is 2.33 bits per heavy atom. The molecule has 0 saturated carbocycles. The first-order chi connectivity index (χ1) is 9.99. The van der Waals surface area contributed by atoms with Gasteiger partial charge >= 0.3 is 0 Å². The molecule has 4 heteroatoms. The molecular weight excluding hydrogens is 262 g/mol. The average Bonchev–Trinajstić information content (AvgIpc) is 2.44. The van der Waals surface area contributed by atoms with Crippen LogP contribution in [-0.2, 0) is 4.79 Å². The number of hydrogen-bond donors (Lipinski definition) is 2. The lowest BCUT2D eigenvalue weighted by molar-refractivity contribution is -0.115. The number of amides is 1. The van der Waals surface area contributed by atoms with E-state index in [1.54, 1.807) is 6.20 Å². The smallest absolute Gasteiger partial charge is 0.224 e. The molecule has 0 bridgehead atoms. The van der Waals surface area contributed by atoms with E-state index in [-0.39, 0.29) is 5.91 Å². The van der Waals surface area contributed by atoms with Crippen LogP contribution < -0.4 is 10.6 Å². The van der Waals surface area contributed by atoms with Gasteiger partial charge in [-0.1, -0.05) is 24.6 Å². The molecule has 0 aliphatic rings. The standard InChI is InChI=1S/C17H21N3O/c1-5-16(21)19-14-6-7-15(18-10-14)20-17-12(3)8-11(2)9-13(17)4/h6-10H,5H2,1-4H3,(H,18,20)(H,19,21). The number of carbonyl (C=O) groups is 1. The number of hydrogen-bond acceptors (Lipinski definition) is 3. The SMILES string of the molecule is CCC(=O)Nc1ccc(Nc2c(C)cc(C)cc2C)nc1. The number of nitrogens with zero attached hydrogens (tertiary/aromatic N) is 1. The molecule has 1 aromatic carbocycles. The maximum Gasteiger partial charge on any atom is 0.224 e. The Kier molecular flexibility index (Phi) is 4.58. The van der Waals surface area contributed by atoms with E-state index < -0.39 is 0 Å². The second-order valence-electron chi connectivity index (χ2n) is 5.23. The number of rotatable bonds is 4. The van der Waals surface area contributed by atoms with Gasteiger partial charge in [0.1, 0.15) is 5.82 Å². The van der Waals surface area contributed by atoms with E-state index in [9.17, 15) is 4.79 Å². The van der Waals surface area contributed by atoms with Crippen molar-refractivity contribution in [1.29, 1.82) is 0 Å². The van der Waals surface area contributed by atoms with Crippen LogP contribution in [0.2, 0.25) is 0 Å². The fourth-order valence-electron chi connectivity index (χ4n) is 2.30. The Morgan fingerprint density at radius 2 is 1.81 bits per heavy atom. The van der Waals surface area contributed by atoms with E-state index in [2.05, 4.69) is 48.5 Å². The van der Waals surface area contributed by atoms with E-state index in [1.165, 1.54) is 16.7 Å². The highest BCUT2D eigenvalue weighted by atomic mass is 16.1. The van der Waals surface area contributed by atoms with Crippen molar-refractivity contribution in [3.05, 3.63) is 47.2 Å². The summed E-state index contributed by atoms with van der Waals surface area (Å²) in [6.07, 6.45) is 2.12. The molecule has 110 valence electrons. The quantitative estimate of drug-likeness (QED) is 0.888. The molecule has 0 fully saturated rings.